The van der Waals surface area contributed by atoms with Crippen molar-refractivity contribution in [2.75, 3.05) is 17.6 Å². The van der Waals surface area contributed by atoms with Crippen molar-refractivity contribution < 1.29 is 8.42 Å². The minimum absolute atomic E-state index is 0.0528. The molecule has 1 aromatic carbocycles. The van der Waals surface area contributed by atoms with E-state index >= 15 is 0 Å². The number of aryl methyl sites for hydroxylation is 1. The molecule has 8 heteroatoms. The van der Waals surface area contributed by atoms with Crippen LogP contribution in [0.5, 0.6) is 0 Å². The van der Waals surface area contributed by atoms with E-state index in [0.29, 0.717) is 23.5 Å². The highest BCUT2D eigenvalue weighted by Gasteiger charge is 2.15. The second-order valence-corrected chi connectivity index (χ2v) is 6.32. The largest absolute Gasteiger partial charge is 0.399 e. The van der Waals surface area contributed by atoms with Crippen molar-refractivity contribution in [2.24, 2.45) is 5.14 Å². The lowest BCUT2D eigenvalue weighted by molar-refractivity contribution is 0.591. The van der Waals surface area contributed by atoms with E-state index in [1.165, 1.54) is 6.07 Å². The molecule has 0 fully saturated rings. The zero-order valence-corrected chi connectivity index (χ0v) is 12.6. The number of aromatic nitrogens is 2. The molecule has 2 rings (SSSR count). The van der Waals surface area contributed by atoms with E-state index in [2.05, 4.69) is 10.4 Å². The van der Waals surface area contributed by atoms with Gasteiger partial charge in [-0.1, -0.05) is 0 Å². The van der Waals surface area contributed by atoms with Gasteiger partial charge in [-0.05, 0) is 37.1 Å². The van der Waals surface area contributed by atoms with Crippen molar-refractivity contribution in [1.82, 2.24) is 9.78 Å². The first-order valence-electron chi connectivity index (χ1n) is 6.52. The van der Waals surface area contributed by atoms with E-state index < -0.39 is 10.0 Å². The Morgan fingerprint density at radius 1 is 1.38 bits per heavy atom. The Hall–Kier alpha value is -2.06. The number of primary sulfonamides is 1. The number of nitrogens with one attached hydrogen (secondary N) is 1. The third-order valence-corrected chi connectivity index (χ3v) is 4.16. The summed E-state index contributed by atoms with van der Waals surface area (Å²) in [6.45, 7) is 3.16. The van der Waals surface area contributed by atoms with Crippen LogP contribution in [0.25, 0.3) is 0 Å². The molecule has 0 amide bonds. The molecular formula is C13H19N5O2S. The van der Waals surface area contributed by atoms with E-state index in [0.717, 1.165) is 13.0 Å². The first-order chi connectivity index (χ1) is 9.88. The quantitative estimate of drug-likeness (QED) is 0.542. The van der Waals surface area contributed by atoms with Crippen molar-refractivity contribution in [3.05, 3.63) is 36.2 Å². The summed E-state index contributed by atoms with van der Waals surface area (Å²) in [5, 5.41) is 12.5. The van der Waals surface area contributed by atoms with Crippen LogP contribution >= 0.6 is 0 Å². The van der Waals surface area contributed by atoms with Crippen molar-refractivity contribution in [2.45, 2.75) is 24.8 Å². The molecule has 114 valence electrons. The normalized spacial score (nSPS) is 11.5. The minimum atomic E-state index is -3.78. The topological polar surface area (TPSA) is 116 Å². The van der Waals surface area contributed by atoms with Gasteiger partial charge in [0, 0.05) is 36.9 Å². The Morgan fingerprint density at radius 3 is 2.76 bits per heavy atom. The second kappa shape index (κ2) is 6.15. The Balaban J connectivity index is 2.04. The third kappa shape index (κ3) is 3.96. The number of benzene rings is 1. The maximum Gasteiger partial charge on any atom is 0.238 e. The van der Waals surface area contributed by atoms with E-state index in [9.17, 15) is 8.42 Å². The summed E-state index contributed by atoms with van der Waals surface area (Å²) in [5.74, 6) is 0. The molecule has 0 bridgehead atoms. The standard InChI is InChI=1S/C13H19N5O2S/c1-10-12(8-11(14)9-13(10)21(15,19)20)16-4-2-6-18-7-3-5-17-18/h3,5,7-9,16H,2,4,6,14H2,1H3,(H2,15,19,20). The highest BCUT2D eigenvalue weighted by Crippen LogP contribution is 2.25. The molecule has 5 N–H and O–H groups in total. The number of nitrogens with zero attached hydrogens (tertiary/aromatic N) is 2. The summed E-state index contributed by atoms with van der Waals surface area (Å²) in [6, 6.07) is 4.95. The summed E-state index contributed by atoms with van der Waals surface area (Å²) in [6.07, 6.45) is 4.47. The van der Waals surface area contributed by atoms with Crippen LogP contribution in [0.2, 0.25) is 0 Å². The van der Waals surface area contributed by atoms with Crippen LogP contribution in [-0.4, -0.2) is 24.7 Å². The number of nitrogens with two attached hydrogens (primary N) is 2. The van der Waals surface area contributed by atoms with Crippen LogP contribution in [0.1, 0.15) is 12.0 Å². The average Bonchev–Trinajstić information content (AvgIpc) is 2.90. The summed E-state index contributed by atoms with van der Waals surface area (Å²) < 4.78 is 24.9. The fourth-order valence-electron chi connectivity index (χ4n) is 2.08. The van der Waals surface area contributed by atoms with Gasteiger partial charge in [0.05, 0.1) is 4.90 Å². The first kappa shape index (κ1) is 15.3. The van der Waals surface area contributed by atoms with Gasteiger partial charge in [0.15, 0.2) is 0 Å². The molecule has 0 aliphatic carbocycles. The zero-order chi connectivity index (χ0) is 15.5. The van der Waals surface area contributed by atoms with E-state index in [-0.39, 0.29) is 4.90 Å². The SMILES string of the molecule is Cc1c(NCCCn2cccn2)cc(N)cc1S(N)(=O)=O. The lowest BCUT2D eigenvalue weighted by Gasteiger charge is -2.13. The number of nitrogen functional groups attached to an aromatic ring is 1. The number of anilines is 2. The third-order valence-electron chi connectivity index (χ3n) is 3.13. The molecule has 0 aliphatic heterocycles. The zero-order valence-electron chi connectivity index (χ0n) is 11.8. The van der Waals surface area contributed by atoms with Gasteiger partial charge in [-0.25, -0.2) is 13.6 Å². The van der Waals surface area contributed by atoms with Gasteiger partial charge in [-0.2, -0.15) is 5.10 Å². The van der Waals surface area contributed by atoms with E-state index in [1.54, 1.807) is 19.2 Å². The number of sulfonamides is 1. The maximum absolute atomic E-state index is 11.5. The molecule has 1 aromatic heterocycles. The Labute approximate surface area is 124 Å². The highest BCUT2D eigenvalue weighted by atomic mass is 32.2. The molecule has 1 heterocycles. The number of hydrogen-bond donors (Lipinski definition) is 3. The molecular weight excluding hydrogens is 290 g/mol. The Kier molecular flexibility index (Phi) is 4.49. The van der Waals surface area contributed by atoms with Crippen LogP contribution in [0.4, 0.5) is 11.4 Å². The first-order valence-corrected chi connectivity index (χ1v) is 8.07. The minimum Gasteiger partial charge on any atom is -0.399 e. The van der Waals surface area contributed by atoms with Gasteiger partial charge in [0.1, 0.15) is 0 Å². The van der Waals surface area contributed by atoms with Crippen LogP contribution < -0.4 is 16.2 Å². The van der Waals surface area contributed by atoms with Crippen molar-refractivity contribution in [3.63, 3.8) is 0 Å². The smallest absolute Gasteiger partial charge is 0.238 e. The lowest BCUT2D eigenvalue weighted by atomic mass is 10.1. The van der Waals surface area contributed by atoms with Gasteiger partial charge in [-0.3, -0.25) is 4.68 Å². The molecule has 0 saturated heterocycles. The molecule has 0 unspecified atom stereocenters. The summed E-state index contributed by atoms with van der Waals surface area (Å²) in [4.78, 5) is 0.0528. The van der Waals surface area contributed by atoms with Crippen molar-refractivity contribution >= 4 is 21.4 Å². The van der Waals surface area contributed by atoms with Gasteiger partial charge < -0.3 is 11.1 Å². The lowest BCUT2D eigenvalue weighted by Crippen LogP contribution is -2.16. The van der Waals surface area contributed by atoms with Crippen molar-refractivity contribution in [3.8, 4) is 0 Å². The molecule has 7 nitrogen and oxygen atoms in total. The molecule has 21 heavy (non-hydrogen) atoms. The van der Waals surface area contributed by atoms with Gasteiger partial charge >= 0.3 is 0 Å². The summed E-state index contributed by atoms with van der Waals surface area (Å²) in [7, 11) is -3.78. The van der Waals surface area contributed by atoms with Gasteiger partial charge in [0.2, 0.25) is 10.0 Å². The average molecular weight is 309 g/mol. The maximum atomic E-state index is 11.5. The second-order valence-electron chi connectivity index (χ2n) is 4.79. The Morgan fingerprint density at radius 2 is 2.14 bits per heavy atom. The predicted molar refractivity (Wildman–Crippen MR) is 82.3 cm³/mol. The Bertz CT molecular complexity index is 710. The van der Waals surface area contributed by atoms with Crippen molar-refractivity contribution in [1.29, 1.82) is 0 Å². The van der Waals surface area contributed by atoms with Crippen LogP contribution in [0.15, 0.2) is 35.5 Å². The molecule has 2 aromatic rings. The number of rotatable bonds is 6. The molecule has 0 radical (unpaired) electrons. The van der Waals surface area contributed by atoms with Crippen LogP contribution in [-0.2, 0) is 16.6 Å². The van der Waals surface area contributed by atoms with Crippen LogP contribution in [0.3, 0.4) is 0 Å². The van der Waals surface area contributed by atoms with Gasteiger partial charge in [0.25, 0.3) is 0 Å². The number of hydrogen-bond acceptors (Lipinski definition) is 5. The fraction of sp³-hybridized carbons (Fsp3) is 0.308. The molecule has 0 saturated carbocycles. The molecule has 0 aliphatic rings. The summed E-state index contributed by atoms with van der Waals surface area (Å²) >= 11 is 0. The van der Waals surface area contributed by atoms with Crippen LogP contribution in [0, 0.1) is 6.92 Å². The monoisotopic (exact) mass is 309 g/mol. The van der Waals surface area contributed by atoms with Gasteiger partial charge in [-0.15, -0.1) is 0 Å². The fourth-order valence-corrected chi connectivity index (χ4v) is 2.92. The molecule has 0 atom stereocenters. The summed E-state index contributed by atoms with van der Waals surface area (Å²) in [5.41, 5.74) is 7.35. The predicted octanol–water partition coefficient (Wildman–Crippen LogP) is 0.923. The van der Waals surface area contributed by atoms with E-state index in [4.69, 9.17) is 10.9 Å². The highest BCUT2D eigenvalue weighted by molar-refractivity contribution is 7.89. The van der Waals surface area contributed by atoms with E-state index in [1.807, 2.05) is 16.9 Å². The molecule has 0 spiro atoms.